The lowest BCUT2D eigenvalue weighted by molar-refractivity contribution is 0.306. The molecule has 0 bridgehead atoms. The Bertz CT molecular complexity index is 628. The van der Waals surface area contributed by atoms with Crippen LogP contribution in [0.4, 0.5) is 0 Å². The molecule has 0 saturated heterocycles. The Morgan fingerprint density at radius 1 is 1.15 bits per heavy atom. The van der Waals surface area contributed by atoms with E-state index >= 15 is 0 Å². The monoisotopic (exact) mass is 310 g/mol. The van der Waals surface area contributed by atoms with Crippen LogP contribution >= 0.6 is 23.2 Å². The molecule has 0 aliphatic rings. The molecule has 0 aliphatic heterocycles. The van der Waals surface area contributed by atoms with Gasteiger partial charge in [0.1, 0.15) is 12.4 Å². The Morgan fingerprint density at radius 3 is 2.45 bits per heavy atom. The molecule has 0 spiro atoms. The van der Waals surface area contributed by atoms with Crippen LogP contribution in [0.15, 0.2) is 47.6 Å². The number of hydrogen-bond donors (Lipinski definition) is 2. The van der Waals surface area contributed by atoms with E-state index in [1.807, 2.05) is 12.1 Å². The van der Waals surface area contributed by atoms with Crippen LogP contribution in [-0.4, -0.2) is 11.0 Å². The number of nitrogens with zero attached hydrogens (tertiary/aromatic N) is 1. The molecule has 4 nitrogen and oxygen atoms in total. The molecule has 0 heterocycles. The quantitative estimate of drug-likeness (QED) is 0.392. The van der Waals surface area contributed by atoms with Crippen LogP contribution in [0.1, 0.15) is 11.1 Å². The number of halogens is 2. The summed E-state index contributed by atoms with van der Waals surface area (Å²) in [6.07, 6.45) is 0. The Hall–Kier alpha value is -1.91. The van der Waals surface area contributed by atoms with E-state index in [2.05, 4.69) is 5.16 Å². The van der Waals surface area contributed by atoms with Crippen molar-refractivity contribution in [2.75, 3.05) is 0 Å². The molecule has 0 aliphatic carbocycles. The number of nitrogens with two attached hydrogens (primary N) is 1. The van der Waals surface area contributed by atoms with Crippen LogP contribution in [0, 0.1) is 0 Å². The van der Waals surface area contributed by atoms with Gasteiger partial charge >= 0.3 is 0 Å². The van der Waals surface area contributed by atoms with Gasteiger partial charge in [0.25, 0.3) is 0 Å². The Balaban J connectivity index is 2.08. The number of hydrogen-bond acceptors (Lipinski definition) is 3. The molecule has 0 atom stereocenters. The minimum absolute atomic E-state index is 0.00356. The van der Waals surface area contributed by atoms with E-state index in [1.165, 1.54) is 0 Å². The highest BCUT2D eigenvalue weighted by Gasteiger charge is 2.06. The second-order valence-electron chi connectivity index (χ2n) is 4.05. The summed E-state index contributed by atoms with van der Waals surface area (Å²) in [7, 11) is 0. The fourth-order valence-corrected chi connectivity index (χ4v) is 1.94. The van der Waals surface area contributed by atoms with Crippen molar-refractivity contribution in [3.05, 3.63) is 63.6 Å². The van der Waals surface area contributed by atoms with Crippen molar-refractivity contribution in [2.24, 2.45) is 10.9 Å². The molecule has 6 heteroatoms. The first-order valence-electron chi connectivity index (χ1n) is 5.75. The lowest BCUT2D eigenvalue weighted by Crippen LogP contribution is -2.12. The molecule has 2 aromatic rings. The van der Waals surface area contributed by atoms with E-state index in [9.17, 15) is 0 Å². The Labute approximate surface area is 126 Å². The van der Waals surface area contributed by atoms with Crippen molar-refractivity contribution in [3.8, 4) is 5.75 Å². The second kappa shape index (κ2) is 6.50. The van der Waals surface area contributed by atoms with Crippen molar-refractivity contribution in [1.82, 2.24) is 0 Å². The molecule has 20 heavy (non-hydrogen) atoms. The summed E-state index contributed by atoms with van der Waals surface area (Å²) < 4.78 is 5.61. The van der Waals surface area contributed by atoms with Crippen molar-refractivity contribution < 1.29 is 9.94 Å². The third-order valence-electron chi connectivity index (χ3n) is 2.64. The molecule has 104 valence electrons. The zero-order valence-electron chi connectivity index (χ0n) is 10.4. The van der Waals surface area contributed by atoms with Gasteiger partial charge in [0.15, 0.2) is 5.84 Å². The molecule has 2 aromatic carbocycles. The van der Waals surface area contributed by atoms with Crippen LogP contribution in [0.3, 0.4) is 0 Å². The van der Waals surface area contributed by atoms with Gasteiger partial charge in [0, 0.05) is 10.6 Å². The average molecular weight is 311 g/mol. The topological polar surface area (TPSA) is 67.8 Å². The Morgan fingerprint density at radius 2 is 1.85 bits per heavy atom. The first-order valence-corrected chi connectivity index (χ1v) is 6.50. The number of oxime groups is 1. The maximum atomic E-state index is 8.60. The SMILES string of the molecule is NC(=NO)c1ccc(OCc2ccc(Cl)cc2)c(Cl)c1. The highest BCUT2D eigenvalue weighted by Crippen LogP contribution is 2.26. The van der Waals surface area contributed by atoms with Crippen molar-refractivity contribution in [1.29, 1.82) is 0 Å². The van der Waals surface area contributed by atoms with E-state index in [4.69, 9.17) is 38.9 Å². The fraction of sp³-hybridized carbons (Fsp3) is 0.0714. The van der Waals surface area contributed by atoms with Gasteiger partial charge in [-0.1, -0.05) is 40.5 Å². The maximum Gasteiger partial charge on any atom is 0.170 e. The average Bonchev–Trinajstić information content (AvgIpc) is 2.46. The number of benzene rings is 2. The zero-order chi connectivity index (χ0) is 14.5. The summed E-state index contributed by atoms with van der Waals surface area (Å²) in [4.78, 5) is 0. The molecule has 0 amide bonds. The molecule has 2 rings (SSSR count). The van der Waals surface area contributed by atoms with Crippen LogP contribution in [0.25, 0.3) is 0 Å². The van der Waals surface area contributed by atoms with E-state index in [1.54, 1.807) is 30.3 Å². The zero-order valence-corrected chi connectivity index (χ0v) is 11.9. The number of ether oxygens (including phenoxy) is 1. The van der Waals surface area contributed by atoms with E-state index in [0.29, 0.717) is 28.0 Å². The van der Waals surface area contributed by atoms with Gasteiger partial charge in [0.2, 0.25) is 0 Å². The summed E-state index contributed by atoms with van der Waals surface area (Å²) in [5, 5.41) is 12.6. The lowest BCUT2D eigenvalue weighted by atomic mass is 10.2. The normalized spacial score (nSPS) is 11.4. The molecule has 3 N–H and O–H groups in total. The molecular formula is C14H12Cl2N2O2. The van der Waals surface area contributed by atoms with Gasteiger partial charge in [-0.3, -0.25) is 0 Å². The molecule has 0 saturated carbocycles. The van der Waals surface area contributed by atoms with E-state index in [-0.39, 0.29) is 5.84 Å². The van der Waals surface area contributed by atoms with Crippen LogP contribution < -0.4 is 10.5 Å². The summed E-state index contributed by atoms with van der Waals surface area (Å²) in [5.41, 5.74) is 6.98. The molecule has 0 unspecified atom stereocenters. The van der Waals surface area contributed by atoms with Gasteiger partial charge in [-0.05, 0) is 35.9 Å². The van der Waals surface area contributed by atoms with Crippen LogP contribution in [0.5, 0.6) is 5.75 Å². The minimum Gasteiger partial charge on any atom is -0.487 e. The van der Waals surface area contributed by atoms with Gasteiger partial charge in [-0.15, -0.1) is 0 Å². The fourth-order valence-electron chi connectivity index (χ4n) is 1.58. The van der Waals surface area contributed by atoms with Crippen LogP contribution in [-0.2, 0) is 6.61 Å². The minimum atomic E-state index is -0.00356. The predicted octanol–water partition coefficient (Wildman–Crippen LogP) is 3.67. The summed E-state index contributed by atoms with van der Waals surface area (Å²) in [6.45, 7) is 0.375. The Kier molecular flexibility index (Phi) is 4.71. The van der Waals surface area contributed by atoms with Crippen LogP contribution in [0.2, 0.25) is 10.0 Å². The van der Waals surface area contributed by atoms with Crippen molar-refractivity contribution >= 4 is 29.0 Å². The highest BCUT2D eigenvalue weighted by atomic mass is 35.5. The smallest absolute Gasteiger partial charge is 0.170 e. The van der Waals surface area contributed by atoms with Gasteiger partial charge < -0.3 is 15.7 Å². The summed E-state index contributed by atoms with van der Waals surface area (Å²) >= 11 is 11.9. The molecular weight excluding hydrogens is 299 g/mol. The molecule has 0 fully saturated rings. The first kappa shape index (κ1) is 14.5. The van der Waals surface area contributed by atoms with E-state index < -0.39 is 0 Å². The van der Waals surface area contributed by atoms with Gasteiger partial charge in [0.05, 0.1) is 5.02 Å². The lowest BCUT2D eigenvalue weighted by Gasteiger charge is -2.09. The third kappa shape index (κ3) is 3.56. The van der Waals surface area contributed by atoms with Crippen molar-refractivity contribution in [2.45, 2.75) is 6.61 Å². The highest BCUT2D eigenvalue weighted by molar-refractivity contribution is 6.32. The van der Waals surface area contributed by atoms with Crippen molar-refractivity contribution in [3.63, 3.8) is 0 Å². The summed E-state index contributed by atoms with van der Waals surface area (Å²) in [6, 6.07) is 12.3. The van der Waals surface area contributed by atoms with Gasteiger partial charge in [-0.2, -0.15) is 0 Å². The second-order valence-corrected chi connectivity index (χ2v) is 4.89. The van der Waals surface area contributed by atoms with Gasteiger partial charge in [-0.25, -0.2) is 0 Å². The first-order chi connectivity index (χ1) is 9.60. The number of amidine groups is 1. The molecule has 0 aromatic heterocycles. The predicted molar refractivity (Wildman–Crippen MR) is 79.7 cm³/mol. The number of rotatable bonds is 4. The summed E-state index contributed by atoms with van der Waals surface area (Å²) in [5.74, 6) is 0.521. The van der Waals surface area contributed by atoms with E-state index in [0.717, 1.165) is 5.56 Å². The molecule has 0 radical (unpaired) electrons. The largest absolute Gasteiger partial charge is 0.487 e. The third-order valence-corrected chi connectivity index (χ3v) is 3.19. The standard InChI is InChI=1S/C14H12Cl2N2O2/c15-11-4-1-9(2-5-11)8-20-13-6-3-10(7-12(13)16)14(17)18-19/h1-7,19H,8H2,(H2,17,18). The maximum absolute atomic E-state index is 8.60.